The first-order valence-corrected chi connectivity index (χ1v) is 7.56. The van der Waals surface area contributed by atoms with Crippen molar-refractivity contribution in [2.24, 2.45) is 0 Å². The van der Waals surface area contributed by atoms with E-state index in [4.69, 9.17) is 0 Å². The summed E-state index contributed by atoms with van der Waals surface area (Å²) in [6, 6.07) is 0. The zero-order chi connectivity index (χ0) is 14.3. The number of hydrogen-bond acceptors (Lipinski definition) is 5. The Bertz CT molecular complexity index is 660. The Balaban J connectivity index is 1.83. The van der Waals surface area contributed by atoms with Gasteiger partial charge >= 0.3 is 0 Å². The molecule has 1 aliphatic rings. The highest BCUT2D eigenvalue weighted by Gasteiger charge is 2.26. The van der Waals surface area contributed by atoms with E-state index in [2.05, 4.69) is 26.7 Å². The number of nitrogens with zero attached hydrogens (tertiary/aromatic N) is 5. The van der Waals surface area contributed by atoms with E-state index in [-0.39, 0.29) is 5.91 Å². The quantitative estimate of drug-likeness (QED) is 0.842. The Kier molecular flexibility index (Phi) is 3.29. The largest absolute Gasteiger partial charge is 0.329 e. The van der Waals surface area contributed by atoms with Crippen LogP contribution in [0.3, 0.4) is 0 Å². The monoisotopic (exact) mass is 291 g/mol. The first kappa shape index (κ1) is 13.2. The SMILES string of the molecule is CCc1nc(C)c(C(=O)N2CCn3c(C)nnc3C2)s1. The zero-order valence-electron chi connectivity index (χ0n) is 11.9. The van der Waals surface area contributed by atoms with E-state index in [0.29, 0.717) is 13.1 Å². The molecule has 2 aromatic rings. The Labute approximate surface area is 121 Å². The van der Waals surface area contributed by atoms with E-state index in [1.807, 2.05) is 18.7 Å². The van der Waals surface area contributed by atoms with Gasteiger partial charge in [-0.3, -0.25) is 4.79 Å². The fraction of sp³-hybridized carbons (Fsp3) is 0.538. The highest BCUT2D eigenvalue weighted by Crippen LogP contribution is 2.22. The van der Waals surface area contributed by atoms with Gasteiger partial charge in [0.25, 0.3) is 5.91 Å². The molecule has 6 nitrogen and oxygen atoms in total. The summed E-state index contributed by atoms with van der Waals surface area (Å²) in [6.45, 7) is 7.88. The van der Waals surface area contributed by atoms with Crippen molar-refractivity contribution in [1.82, 2.24) is 24.6 Å². The lowest BCUT2D eigenvalue weighted by molar-refractivity contribution is 0.0710. The van der Waals surface area contributed by atoms with Crippen molar-refractivity contribution in [2.45, 2.75) is 40.3 Å². The Morgan fingerprint density at radius 3 is 2.80 bits per heavy atom. The molecule has 106 valence electrons. The van der Waals surface area contributed by atoms with Crippen molar-refractivity contribution in [3.05, 3.63) is 27.2 Å². The summed E-state index contributed by atoms with van der Waals surface area (Å²) in [4.78, 5) is 19.6. The third kappa shape index (κ3) is 2.11. The van der Waals surface area contributed by atoms with Crippen LogP contribution in [0, 0.1) is 13.8 Å². The number of fused-ring (bicyclic) bond motifs is 1. The van der Waals surface area contributed by atoms with Crippen LogP contribution >= 0.6 is 11.3 Å². The Hall–Kier alpha value is -1.76. The first-order chi connectivity index (χ1) is 9.60. The molecule has 7 heteroatoms. The van der Waals surface area contributed by atoms with E-state index >= 15 is 0 Å². The van der Waals surface area contributed by atoms with Crippen molar-refractivity contribution in [2.75, 3.05) is 6.54 Å². The van der Waals surface area contributed by atoms with Gasteiger partial charge in [-0.25, -0.2) is 4.98 Å². The number of hydrogen-bond donors (Lipinski definition) is 0. The summed E-state index contributed by atoms with van der Waals surface area (Å²) >= 11 is 1.50. The fourth-order valence-corrected chi connectivity index (χ4v) is 3.39. The van der Waals surface area contributed by atoms with Crippen LogP contribution in [0.15, 0.2) is 0 Å². The van der Waals surface area contributed by atoms with E-state index < -0.39 is 0 Å². The molecule has 0 aliphatic carbocycles. The molecular formula is C13H17N5OS. The minimum Gasteiger partial charge on any atom is -0.329 e. The van der Waals surface area contributed by atoms with Crippen molar-refractivity contribution < 1.29 is 4.79 Å². The lowest BCUT2D eigenvalue weighted by Crippen LogP contribution is -2.38. The molecule has 0 saturated carbocycles. The molecule has 1 amide bonds. The maximum absolute atomic E-state index is 12.6. The van der Waals surface area contributed by atoms with E-state index in [1.54, 1.807) is 0 Å². The molecular weight excluding hydrogens is 274 g/mol. The average molecular weight is 291 g/mol. The maximum atomic E-state index is 12.6. The van der Waals surface area contributed by atoms with Crippen LogP contribution in [0.4, 0.5) is 0 Å². The van der Waals surface area contributed by atoms with Gasteiger partial charge in [-0.05, 0) is 20.3 Å². The lowest BCUT2D eigenvalue weighted by atomic mass is 10.3. The number of amides is 1. The normalized spacial score (nSPS) is 14.4. The third-order valence-electron chi connectivity index (χ3n) is 3.56. The second-order valence-corrected chi connectivity index (χ2v) is 6.00. The van der Waals surface area contributed by atoms with Crippen LogP contribution in [0.5, 0.6) is 0 Å². The lowest BCUT2D eigenvalue weighted by Gasteiger charge is -2.27. The van der Waals surface area contributed by atoms with E-state index in [1.165, 1.54) is 11.3 Å². The number of aromatic nitrogens is 4. The van der Waals surface area contributed by atoms with Gasteiger partial charge in [0.05, 0.1) is 17.2 Å². The standard InChI is InChI=1S/C13H17N5OS/c1-4-11-14-8(2)12(20-11)13(19)17-5-6-18-9(3)15-16-10(18)7-17/h4-7H2,1-3H3. The molecule has 20 heavy (non-hydrogen) atoms. The van der Waals surface area contributed by atoms with Crippen LogP contribution < -0.4 is 0 Å². The Morgan fingerprint density at radius 1 is 1.30 bits per heavy atom. The summed E-state index contributed by atoms with van der Waals surface area (Å²) in [5, 5.41) is 9.21. The number of aryl methyl sites for hydroxylation is 3. The van der Waals surface area contributed by atoms with Crippen LogP contribution in [-0.2, 0) is 19.5 Å². The minimum absolute atomic E-state index is 0.0617. The number of carbonyl (C=O) groups is 1. The van der Waals surface area contributed by atoms with Crippen molar-refractivity contribution in [3.8, 4) is 0 Å². The van der Waals surface area contributed by atoms with Gasteiger partial charge in [-0.15, -0.1) is 21.5 Å². The molecule has 0 fully saturated rings. The number of rotatable bonds is 2. The third-order valence-corrected chi connectivity index (χ3v) is 4.85. The van der Waals surface area contributed by atoms with Gasteiger partial charge in [0, 0.05) is 13.1 Å². The van der Waals surface area contributed by atoms with E-state index in [9.17, 15) is 4.79 Å². The Morgan fingerprint density at radius 2 is 2.10 bits per heavy atom. The average Bonchev–Trinajstić information content (AvgIpc) is 3.01. The highest BCUT2D eigenvalue weighted by atomic mass is 32.1. The topological polar surface area (TPSA) is 63.9 Å². The second kappa shape index (κ2) is 4.97. The predicted molar refractivity (Wildman–Crippen MR) is 75.7 cm³/mol. The number of thiazole rings is 1. The summed E-state index contributed by atoms with van der Waals surface area (Å²) in [5.74, 6) is 1.83. The van der Waals surface area contributed by atoms with Crippen molar-refractivity contribution in [3.63, 3.8) is 0 Å². The minimum atomic E-state index is 0.0617. The van der Waals surface area contributed by atoms with Crippen LogP contribution in [-0.4, -0.2) is 37.1 Å². The molecule has 0 radical (unpaired) electrons. The fourth-order valence-electron chi connectivity index (χ4n) is 2.42. The van der Waals surface area contributed by atoms with E-state index in [0.717, 1.165) is 40.2 Å². The van der Waals surface area contributed by atoms with Gasteiger partial charge < -0.3 is 9.47 Å². The molecule has 0 aromatic carbocycles. The molecule has 0 saturated heterocycles. The zero-order valence-corrected chi connectivity index (χ0v) is 12.7. The van der Waals surface area contributed by atoms with Crippen molar-refractivity contribution >= 4 is 17.2 Å². The molecule has 3 heterocycles. The molecule has 0 atom stereocenters. The molecule has 0 bridgehead atoms. The predicted octanol–water partition coefficient (Wildman–Crippen LogP) is 1.57. The van der Waals surface area contributed by atoms with Gasteiger partial charge in [-0.2, -0.15) is 0 Å². The van der Waals surface area contributed by atoms with Crippen LogP contribution in [0.1, 0.15) is 38.9 Å². The maximum Gasteiger partial charge on any atom is 0.266 e. The molecule has 0 N–H and O–H groups in total. The van der Waals surface area contributed by atoms with Crippen molar-refractivity contribution in [1.29, 1.82) is 0 Å². The smallest absolute Gasteiger partial charge is 0.266 e. The molecule has 0 spiro atoms. The van der Waals surface area contributed by atoms with Gasteiger partial charge in [0.1, 0.15) is 10.7 Å². The second-order valence-electron chi connectivity index (χ2n) is 4.92. The first-order valence-electron chi connectivity index (χ1n) is 6.74. The van der Waals surface area contributed by atoms with Crippen LogP contribution in [0.2, 0.25) is 0 Å². The summed E-state index contributed by atoms with van der Waals surface area (Å²) in [5.41, 5.74) is 0.833. The molecule has 1 aliphatic heterocycles. The molecule has 2 aromatic heterocycles. The van der Waals surface area contributed by atoms with Gasteiger partial charge in [0.15, 0.2) is 5.82 Å². The number of carbonyl (C=O) groups excluding carboxylic acids is 1. The van der Waals surface area contributed by atoms with Crippen LogP contribution in [0.25, 0.3) is 0 Å². The molecule has 3 rings (SSSR count). The highest BCUT2D eigenvalue weighted by molar-refractivity contribution is 7.13. The summed E-state index contributed by atoms with van der Waals surface area (Å²) in [6.07, 6.45) is 0.867. The summed E-state index contributed by atoms with van der Waals surface area (Å²) in [7, 11) is 0. The van der Waals surface area contributed by atoms with Gasteiger partial charge in [0.2, 0.25) is 0 Å². The van der Waals surface area contributed by atoms with Gasteiger partial charge in [-0.1, -0.05) is 6.92 Å². The summed E-state index contributed by atoms with van der Waals surface area (Å²) < 4.78 is 2.07. The molecule has 0 unspecified atom stereocenters.